The predicted molar refractivity (Wildman–Crippen MR) is 87.3 cm³/mol. The zero-order chi connectivity index (χ0) is 18.1. The molecule has 1 aromatic heterocycles. The monoisotopic (exact) mass is 418 g/mol. The van der Waals surface area contributed by atoms with Crippen LogP contribution in [0.3, 0.4) is 0 Å². The van der Waals surface area contributed by atoms with Gasteiger partial charge in [0, 0.05) is 10.0 Å². The smallest absolute Gasteiger partial charge is 0.387 e. The van der Waals surface area contributed by atoms with E-state index in [-0.39, 0.29) is 28.8 Å². The van der Waals surface area contributed by atoms with Gasteiger partial charge in [-0.2, -0.15) is 22.2 Å². The second-order valence-corrected chi connectivity index (χ2v) is 6.05. The largest absolute Gasteiger partial charge is 0.434 e. The Balaban J connectivity index is 2.18. The van der Waals surface area contributed by atoms with Crippen molar-refractivity contribution in [1.82, 2.24) is 9.36 Å². The molecule has 3 aromatic rings. The highest BCUT2D eigenvalue weighted by Crippen LogP contribution is 2.25. The van der Waals surface area contributed by atoms with E-state index in [4.69, 9.17) is 0 Å². The van der Waals surface area contributed by atoms with Crippen molar-refractivity contribution in [3.63, 3.8) is 0 Å². The molecule has 0 fully saturated rings. The van der Waals surface area contributed by atoms with Crippen LogP contribution in [-0.2, 0) is 6.54 Å². The van der Waals surface area contributed by atoms with Gasteiger partial charge in [-0.1, -0.05) is 34.1 Å². The first kappa shape index (κ1) is 17.5. The minimum absolute atomic E-state index is 0.107. The van der Waals surface area contributed by atoms with Crippen LogP contribution in [0.1, 0.15) is 12.1 Å². The number of aromatic nitrogens is 2. The molecule has 0 saturated heterocycles. The molecule has 0 radical (unpaired) electrons. The van der Waals surface area contributed by atoms with Gasteiger partial charge in [0.1, 0.15) is 5.75 Å². The fourth-order valence-electron chi connectivity index (χ4n) is 2.61. The quantitative estimate of drug-likeness (QED) is 0.567. The summed E-state index contributed by atoms with van der Waals surface area (Å²) >= 11 is 3.23. The zero-order valence-electron chi connectivity index (χ0n) is 12.5. The lowest BCUT2D eigenvalue weighted by Gasteiger charge is -2.15. The molecular formula is C16H11BrF4N2O2. The molecule has 0 unspecified atom stereocenters. The molecule has 4 nitrogen and oxygen atoms in total. The van der Waals surface area contributed by atoms with Gasteiger partial charge in [0.05, 0.1) is 17.4 Å². The van der Waals surface area contributed by atoms with Crippen molar-refractivity contribution < 1.29 is 22.3 Å². The Labute approximate surface area is 147 Å². The molecule has 0 amide bonds. The second-order valence-electron chi connectivity index (χ2n) is 5.13. The first-order valence-corrected chi connectivity index (χ1v) is 7.89. The van der Waals surface area contributed by atoms with Crippen molar-refractivity contribution in [1.29, 1.82) is 0 Å². The Morgan fingerprint density at radius 3 is 2.48 bits per heavy atom. The maximum Gasteiger partial charge on any atom is 0.387 e. The van der Waals surface area contributed by atoms with Crippen molar-refractivity contribution in [2.24, 2.45) is 0 Å². The highest BCUT2D eigenvalue weighted by atomic mass is 79.9. The summed E-state index contributed by atoms with van der Waals surface area (Å²) in [6.45, 7) is -6.36. The van der Waals surface area contributed by atoms with Crippen LogP contribution in [0.15, 0.2) is 51.7 Å². The Morgan fingerprint density at radius 1 is 1.08 bits per heavy atom. The summed E-state index contributed by atoms with van der Waals surface area (Å²) in [6.07, 6.45) is 0. The Morgan fingerprint density at radius 2 is 1.80 bits per heavy atom. The number of rotatable bonds is 5. The third kappa shape index (κ3) is 3.41. The average Bonchev–Trinajstić information content (AvgIpc) is 2.80. The molecule has 0 spiro atoms. The first-order chi connectivity index (χ1) is 11.9. The van der Waals surface area contributed by atoms with Gasteiger partial charge >= 0.3 is 13.2 Å². The minimum atomic E-state index is -3.08. The van der Waals surface area contributed by atoms with E-state index in [0.29, 0.717) is 9.15 Å². The fourth-order valence-corrected chi connectivity index (χ4v) is 2.96. The van der Waals surface area contributed by atoms with Crippen molar-refractivity contribution in [3.05, 3.63) is 62.9 Å². The summed E-state index contributed by atoms with van der Waals surface area (Å²) in [5, 5.41) is 0.107. The lowest BCUT2D eigenvalue weighted by Crippen LogP contribution is -2.24. The fraction of sp³-hybridized carbons (Fsp3) is 0.188. The summed E-state index contributed by atoms with van der Waals surface area (Å²) in [6, 6.07) is 10.4. The third-order valence-corrected chi connectivity index (χ3v) is 4.12. The van der Waals surface area contributed by atoms with E-state index in [0.717, 1.165) is 4.68 Å². The van der Waals surface area contributed by atoms with Crippen LogP contribution in [0.2, 0.25) is 0 Å². The SMILES string of the molecule is O=c1c2ccc(Br)cc2n(Cc2ccccc2OC(F)F)n1C(F)F. The normalized spacial score (nSPS) is 11.6. The molecule has 1 heterocycles. The molecule has 0 bridgehead atoms. The van der Waals surface area contributed by atoms with E-state index < -0.39 is 18.7 Å². The number of halogens is 5. The number of alkyl halides is 4. The van der Waals surface area contributed by atoms with Crippen LogP contribution in [0, 0.1) is 0 Å². The molecule has 9 heteroatoms. The van der Waals surface area contributed by atoms with Crippen LogP contribution in [0.5, 0.6) is 5.75 Å². The second kappa shape index (κ2) is 6.91. The van der Waals surface area contributed by atoms with Crippen molar-refractivity contribution >= 4 is 26.8 Å². The van der Waals surface area contributed by atoms with Crippen LogP contribution in [0.25, 0.3) is 10.9 Å². The number of nitrogens with zero attached hydrogens (tertiary/aromatic N) is 2. The molecule has 2 aromatic carbocycles. The van der Waals surface area contributed by atoms with Gasteiger partial charge < -0.3 is 4.74 Å². The number of fused-ring (bicyclic) bond motifs is 1. The number of para-hydroxylation sites is 1. The molecule has 132 valence electrons. The molecule has 3 rings (SSSR count). The number of ether oxygens (including phenoxy) is 1. The highest BCUT2D eigenvalue weighted by Gasteiger charge is 2.21. The summed E-state index contributed by atoms with van der Waals surface area (Å²) in [5.74, 6) is -0.136. The first-order valence-electron chi connectivity index (χ1n) is 7.10. The lowest BCUT2D eigenvalue weighted by molar-refractivity contribution is -0.0506. The van der Waals surface area contributed by atoms with E-state index in [1.54, 1.807) is 12.1 Å². The van der Waals surface area contributed by atoms with Crippen LogP contribution >= 0.6 is 15.9 Å². The van der Waals surface area contributed by atoms with Crippen molar-refractivity contribution in [2.45, 2.75) is 19.7 Å². The summed E-state index contributed by atoms with van der Waals surface area (Å²) in [4.78, 5) is 12.3. The molecule has 0 aliphatic carbocycles. The van der Waals surface area contributed by atoms with Gasteiger partial charge in [-0.3, -0.25) is 9.48 Å². The van der Waals surface area contributed by atoms with Gasteiger partial charge in [-0.25, -0.2) is 0 Å². The van der Waals surface area contributed by atoms with E-state index in [1.165, 1.54) is 30.3 Å². The maximum atomic E-state index is 13.4. The Hall–Kier alpha value is -2.29. The van der Waals surface area contributed by atoms with Crippen molar-refractivity contribution in [3.8, 4) is 5.75 Å². The van der Waals surface area contributed by atoms with Gasteiger partial charge in [-0.15, -0.1) is 0 Å². The number of hydrogen-bond acceptors (Lipinski definition) is 2. The number of benzene rings is 2. The highest BCUT2D eigenvalue weighted by molar-refractivity contribution is 9.10. The zero-order valence-corrected chi connectivity index (χ0v) is 14.1. The average molecular weight is 419 g/mol. The number of hydrogen-bond donors (Lipinski definition) is 0. The summed E-state index contributed by atoms with van der Waals surface area (Å²) in [7, 11) is 0. The summed E-state index contributed by atoms with van der Waals surface area (Å²) < 4.78 is 58.3. The predicted octanol–water partition coefficient (Wildman–Crippen LogP) is 4.61. The van der Waals surface area contributed by atoms with Gasteiger partial charge in [0.2, 0.25) is 0 Å². The van der Waals surface area contributed by atoms with Crippen LogP contribution < -0.4 is 10.3 Å². The molecule has 0 N–H and O–H groups in total. The molecule has 0 aliphatic rings. The standard InChI is InChI=1S/C16H11BrF4N2O2/c17-10-5-6-11-12(7-10)22(23(14(11)24)15(18)19)8-9-3-1-2-4-13(9)25-16(20)21/h1-7,15-16H,8H2. The van der Waals surface area contributed by atoms with E-state index in [1.807, 2.05) is 0 Å². The summed E-state index contributed by atoms with van der Waals surface area (Å²) in [5.41, 5.74) is -0.356. The topological polar surface area (TPSA) is 36.2 Å². The molecule has 0 atom stereocenters. The van der Waals surface area contributed by atoms with Gasteiger partial charge in [-0.05, 0) is 24.3 Å². The molecule has 25 heavy (non-hydrogen) atoms. The Kier molecular flexibility index (Phi) is 4.85. The maximum absolute atomic E-state index is 13.4. The van der Waals surface area contributed by atoms with Crippen LogP contribution in [0.4, 0.5) is 17.6 Å². The van der Waals surface area contributed by atoms with E-state index in [9.17, 15) is 22.4 Å². The molecular weight excluding hydrogens is 408 g/mol. The Bertz CT molecular complexity index is 968. The lowest BCUT2D eigenvalue weighted by atomic mass is 10.2. The third-order valence-electron chi connectivity index (χ3n) is 3.63. The van der Waals surface area contributed by atoms with E-state index in [2.05, 4.69) is 20.7 Å². The van der Waals surface area contributed by atoms with Crippen molar-refractivity contribution in [2.75, 3.05) is 0 Å². The van der Waals surface area contributed by atoms with Gasteiger partial charge in [0.15, 0.2) is 0 Å². The molecule has 0 saturated carbocycles. The molecule has 0 aliphatic heterocycles. The van der Waals surface area contributed by atoms with E-state index >= 15 is 0 Å². The van der Waals surface area contributed by atoms with Crippen LogP contribution in [-0.4, -0.2) is 16.0 Å². The minimum Gasteiger partial charge on any atom is -0.434 e. The van der Waals surface area contributed by atoms with Gasteiger partial charge in [0.25, 0.3) is 5.56 Å².